The van der Waals surface area contributed by atoms with Gasteiger partial charge < -0.3 is 24.0 Å². The molecule has 0 aliphatic rings. The van der Waals surface area contributed by atoms with Crippen LogP contribution in [0.3, 0.4) is 0 Å². The predicted molar refractivity (Wildman–Crippen MR) is 128 cm³/mol. The Kier molecular flexibility index (Phi) is 7.74. The second-order valence-electron chi connectivity index (χ2n) is 7.37. The highest BCUT2D eigenvalue weighted by atomic mass is 16.6. The van der Waals surface area contributed by atoms with Crippen molar-refractivity contribution >= 4 is 28.5 Å². The van der Waals surface area contributed by atoms with Crippen molar-refractivity contribution in [3.63, 3.8) is 0 Å². The number of hydrogen-bond donors (Lipinski definition) is 2. The lowest BCUT2D eigenvalue weighted by atomic mass is 10.0. The van der Waals surface area contributed by atoms with Crippen LogP contribution >= 0.6 is 0 Å². The normalized spacial score (nSPS) is 11.5. The van der Waals surface area contributed by atoms with E-state index in [2.05, 4.69) is 11.6 Å². The summed E-state index contributed by atoms with van der Waals surface area (Å²) in [6.45, 7) is 8.92. The molecule has 0 saturated heterocycles. The van der Waals surface area contributed by atoms with E-state index in [0.717, 1.165) is 22.0 Å². The number of rotatable bonds is 10. The second kappa shape index (κ2) is 10.7. The highest BCUT2D eigenvalue weighted by Crippen LogP contribution is 2.31. The van der Waals surface area contributed by atoms with Gasteiger partial charge >= 0.3 is 5.97 Å². The van der Waals surface area contributed by atoms with Gasteiger partial charge in [0.2, 0.25) is 5.90 Å². The van der Waals surface area contributed by atoms with Crippen LogP contribution in [0.25, 0.3) is 16.6 Å². The van der Waals surface area contributed by atoms with E-state index in [1.807, 2.05) is 49.9 Å². The maximum atomic E-state index is 11.0. The Labute approximate surface area is 192 Å². The largest absolute Gasteiger partial charge is 0.490 e. The zero-order valence-electron chi connectivity index (χ0n) is 19.1. The van der Waals surface area contributed by atoms with Crippen LogP contribution in [0.4, 0.5) is 0 Å². The molecule has 0 fully saturated rings. The van der Waals surface area contributed by atoms with Crippen LogP contribution in [0.1, 0.15) is 37.0 Å². The molecule has 2 aromatic carbocycles. The van der Waals surface area contributed by atoms with Crippen LogP contribution in [0.15, 0.2) is 54.2 Å². The molecule has 33 heavy (non-hydrogen) atoms. The first-order chi connectivity index (χ1) is 15.9. The maximum absolute atomic E-state index is 11.0. The number of carboxylic acid groups (broad SMARTS) is 1. The number of carboxylic acids is 1. The lowest BCUT2D eigenvalue weighted by Crippen LogP contribution is -2.13. The van der Waals surface area contributed by atoms with Gasteiger partial charge in [-0.15, -0.1) is 0 Å². The summed E-state index contributed by atoms with van der Waals surface area (Å²) in [5.74, 6) is 6.11. The summed E-state index contributed by atoms with van der Waals surface area (Å²) in [4.78, 5) is 20.7. The molecule has 1 aromatic heterocycles. The molecule has 8 heteroatoms. The number of ether oxygens (including phenoxy) is 2. The highest BCUT2D eigenvalue weighted by Gasteiger charge is 2.16. The average Bonchev–Trinajstić information content (AvgIpc) is 3.13. The molecule has 0 radical (unpaired) electrons. The molecule has 0 atom stereocenters. The van der Waals surface area contributed by atoms with Gasteiger partial charge in [0, 0.05) is 36.2 Å². The van der Waals surface area contributed by atoms with Crippen LogP contribution in [0.2, 0.25) is 0 Å². The molecular weight excluding hydrogens is 422 g/mol. The van der Waals surface area contributed by atoms with Gasteiger partial charge in [0.15, 0.2) is 11.5 Å². The van der Waals surface area contributed by atoms with Crippen LogP contribution < -0.4 is 15.4 Å². The maximum Gasteiger partial charge on any atom is 0.303 e. The van der Waals surface area contributed by atoms with Crippen molar-refractivity contribution in [2.75, 3.05) is 13.2 Å². The zero-order chi connectivity index (χ0) is 24.0. The van der Waals surface area contributed by atoms with Crippen molar-refractivity contribution in [3.05, 3.63) is 65.9 Å². The summed E-state index contributed by atoms with van der Waals surface area (Å²) >= 11 is 0. The van der Waals surface area contributed by atoms with E-state index in [-0.39, 0.29) is 12.3 Å². The number of aliphatic imine (C=N–C) groups is 1. The molecule has 0 spiro atoms. The number of para-hydroxylation sites is 1. The van der Waals surface area contributed by atoms with Crippen molar-refractivity contribution < 1.29 is 24.2 Å². The summed E-state index contributed by atoms with van der Waals surface area (Å²) in [5.41, 5.74) is 3.73. The van der Waals surface area contributed by atoms with Crippen molar-refractivity contribution in [3.8, 4) is 11.5 Å². The molecule has 0 saturated carbocycles. The number of fused-ring (bicyclic) bond motifs is 1. The quantitative estimate of drug-likeness (QED) is 0.270. The molecule has 3 rings (SSSR count). The van der Waals surface area contributed by atoms with Gasteiger partial charge in [-0.25, -0.2) is 4.99 Å². The van der Waals surface area contributed by atoms with Gasteiger partial charge in [0.1, 0.15) is 0 Å². The van der Waals surface area contributed by atoms with E-state index in [9.17, 15) is 4.79 Å². The smallest absolute Gasteiger partial charge is 0.303 e. The van der Waals surface area contributed by atoms with E-state index in [1.165, 1.54) is 0 Å². The number of nitrogens with two attached hydrogens (primary N) is 1. The first-order valence-corrected chi connectivity index (χ1v) is 10.7. The average molecular weight is 452 g/mol. The van der Waals surface area contributed by atoms with E-state index in [0.29, 0.717) is 42.4 Å². The predicted octanol–water partition coefficient (Wildman–Crippen LogP) is 4.30. The van der Waals surface area contributed by atoms with Crippen molar-refractivity contribution in [1.82, 2.24) is 4.57 Å². The summed E-state index contributed by atoms with van der Waals surface area (Å²) in [7, 11) is 1.91. The van der Waals surface area contributed by atoms with Gasteiger partial charge in [0.25, 0.3) is 0 Å². The molecule has 1 heterocycles. The topological polar surface area (TPSA) is 108 Å². The van der Waals surface area contributed by atoms with Crippen LogP contribution in [0, 0.1) is 0 Å². The zero-order valence-corrected chi connectivity index (χ0v) is 19.1. The lowest BCUT2D eigenvalue weighted by Gasteiger charge is -2.13. The molecule has 0 amide bonds. The third-order valence-corrected chi connectivity index (χ3v) is 5.14. The van der Waals surface area contributed by atoms with E-state index < -0.39 is 5.97 Å². The second-order valence-corrected chi connectivity index (χ2v) is 7.37. The van der Waals surface area contributed by atoms with Gasteiger partial charge in [-0.3, -0.25) is 4.79 Å². The number of nitrogens with zero attached hydrogens (tertiary/aromatic N) is 2. The number of carbonyl (C=O) groups is 1. The molecule has 174 valence electrons. The molecular formula is C25H29N3O5. The summed E-state index contributed by atoms with van der Waals surface area (Å²) in [6.07, 6.45) is 2.44. The van der Waals surface area contributed by atoms with Crippen LogP contribution in [0.5, 0.6) is 11.5 Å². The van der Waals surface area contributed by atoms with Crippen LogP contribution in [-0.4, -0.2) is 34.8 Å². The first kappa shape index (κ1) is 23.9. The van der Waals surface area contributed by atoms with E-state index in [1.54, 1.807) is 18.2 Å². The van der Waals surface area contributed by atoms with Gasteiger partial charge in [-0.05, 0) is 44.0 Å². The standard InChI is InChI=1S/C25H29N3O5/c1-5-31-21-12-10-17(14-22(21)32-6-2)25(33-26)27-16(3)19-8-7-9-20-18(11-13-23(29)30)15-28(4)24(19)20/h7-10,12,14-15H,3,5-6,11,13,26H2,1-2,4H3,(H,29,30)/b27-25-. The minimum absolute atomic E-state index is 0.0630. The Balaban J connectivity index is 2.00. The summed E-state index contributed by atoms with van der Waals surface area (Å²) < 4.78 is 13.3. The fraction of sp³-hybridized carbons (Fsp3) is 0.280. The molecule has 8 nitrogen and oxygen atoms in total. The Morgan fingerprint density at radius 1 is 1.15 bits per heavy atom. The summed E-state index contributed by atoms with van der Waals surface area (Å²) in [6, 6.07) is 11.1. The van der Waals surface area contributed by atoms with Gasteiger partial charge in [0.05, 0.1) is 24.4 Å². The minimum Gasteiger partial charge on any atom is -0.490 e. The third-order valence-electron chi connectivity index (χ3n) is 5.14. The van der Waals surface area contributed by atoms with E-state index in [4.69, 9.17) is 25.3 Å². The number of aryl methyl sites for hydroxylation is 2. The van der Waals surface area contributed by atoms with Crippen molar-refractivity contribution in [1.29, 1.82) is 0 Å². The van der Waals surface area contributed by atoms with Gasteiger partial charge in [-0.2, -0.15) is 5.90 Å². The molecule has 0 unspecified atom stereocenters. The number of aromatic nitrogens is 1. The lowest BCUT2D eigenvalue weighted by molar-refractivity contribution is -0.136. The highest BCUT2D eigenvalue weighted by molar-refractivity contribution is 6.00. The minimum atomic E-state index is -0.830. The number of aliphatic carboxylic acids is 1. The summed E-state index contributed by atoms with van der Waals surface area (Å²) in [5, 5.41) is 10.0. The van der Waals surface area contributed by atoms with Crippen LogP contribution in [-0.2, 0) is 23.1 Å². The monoisotopic (exact) mass is 451 g/mol. The molecule has 3 N–H and O–H groups in total. The van der Waals surface area contributed by atoms with Crippen molar-refractivity contribution in [2.45, 2.75) is 26.7 Å². The fourth-order valence-electron chi connectivity index (χ4n) is 3.75. The Morgan fingerprint density at radius 3 is 2.55 bits per heavy atom. The molecule has 0 aliphatic heterocycles. The third kappa shape index (κ3) is 5.35. The number of hydrogen-bond acceptors (Lipinski definition) is 6. The molecule has 0 bridgehead atoms. The Hall–Kier alpha value is -3.78. The van der Waals surface area contributed by atoms with Crippen molar-refractivity contribution in [2.24, 2.45) is 17.9 Å². The first-order valence-electron chi connectivity index (χ1n) is 10.7. The Bertz CT molecular complexity index is 1200. The molecule has 0 aliphatic carbocycles. The Morgan fingerprint density at radius 2 is 1.88 bits per heavy atom. The number of benzene rings is 2. The van der Waals surface area contributed by atoms with Gasteiger partial charge in [-0.1, -0.05) is 24.8 Å². The SMILES string of the molecule is C=C(/N=C(\ON)c1ccc(OCC)c(OCC)c1)c1cccc2c(CCC(=O)O)cn(C)c12. The van der Waals surface area contributed by atoms with E-state index >= 15 is 0 Å². The fourth-order valence-corrected chi connectivity index (χ4v) is 3.75. The molecule has 3 aromatic rings.